The lowest BCUT2D eigenvalue weighted by Crippen LogP contribution is -1.91. The van der Waals surface area contributed by atoms with Crippen molar-refractivity contribution in [2.24, 2.45) is 0 Å². The van der Waals surface area contributed by atoms with Crippen molar-refractivity contribution in [1.82, 2.24) is 4.98 Å². The van der Waals surface area contributed by atoms with Crippen LogP contribution in [0.1, 0.15) is 0 Å². The van der Waals surface area contributed by atoms with Gasteiger partial charge in [0.05, 0.1) is 23.9 Å². The molecule has 0 amide bonds. The van der Waals surface area contributed by atoms with Crippen LogP contribution in [0.5, 0.6) is 11.5 Å². The molecule has 3 nitrogen and oxygen atoms in total. The molecule has 0 aliphatic rings. The molecule has 1 heterocycles. The maximum Gasteiger partial charge on any atom is 0.136 e. The number of phenolic OH excluding ortho intramolecular Hbond substituents is 1. The van der Waals surface area contributed by atoms with E-state index in [1.165, 1.54) is 24.5 Å². The predicted octanol–water partition coefficient (Wildman–Crippen LogP) is 4.33. The molecular formula is C16H12FNO2S. The Morgan fingerprint density at radius 3 is 2.71 bits per heavy atom. The summed E-state index contributed by atoms with van der Waals surface area (Å²) in [6.45, 7) is 0. The summed E-state index contributed by atoms with van der Waals surface area (Å²) in [5.41, 5.74) is 1.45. The highest BCUT2D eigenvalue weighted by atomic mass is 32.1. The van der Waals surface area contributed by atoms with Crippen molar-refractivity contribution in [1.29, 1.82) is 0 Å². The molecule has 0 unspecified atom stereocenters. The Morgan fingerprint density at radius 1 is 1.14 bits per heavy atom. The summed E-state index contributed by atoms with van der Waals surface area (Å²) in [5.74, 6) is 0.200. The standard InChI is InChI=1S/C16H12FNO2S/c1-20-14-8-4-6-11(17)15(14)12-9-21-16(18-12)10-5-2-3-7-13(10)19/h2-9,19H,1H3. The van der Waals surface area contributed by atoms with Crippen LogP contribution in [0.3, 0.4) is 0 Å². The van der Waals surface area contributed by atoms with Crippen LogP contribution in [0.15, 0.2) is 47.8 Å². The van der Waals surface area contributed by atoms with Crippen LogP contribution in [0.4, 0.5) is 4.39 Å². The minimum Gasteiger partial charge on any atom is -0.507 e. The molecule has 0 atom stereocenters. The lowest BCUT2D eigenvalue weighted by atomic mass is 10.1. The van der Waals surface area contributed by atoms with E-state index in [2.05, 4.69) is 4.98 Å². The Morgan fingerprint density at radius 2 is 1.95 bits per heavy atom. The minimum atomic E-state index is -0.386. The molecule has 0 saturated carbocycles. The molecule has 0 aliphatic heterocycles. The van der Waals surface area contributed by atoms with Crippen LogP contribution in [0, 0.1) is 5.82 Å². The van der Waals surface area contributed by atoms with Gasteiger partial charge in [-0.3, -0.25) is 0 Å². The zero-order valence-corrected chi connectivity index (χ0v) is 12.0. The van der Waals surface area contributed by atoms with E-state index in [9.17, 15) is 9.50 Å². The zero-order chi connectivity index (χ0) is 14.8. The van der Waals surface area contributed by atoms with E-state index in [1.54, 1.807) is 35.7 Å². The fourth-order valence-electron chi connectivity index (χ4n) is 2.09. The van der Waals surface area contributed by atoms with Crippen LogP contribution in [0.2, 0.25) is 0 Å². The van der Waals surface area contributed by atoms with Crippen molar-refractivity contribution < 1.29 is 14.2 Å². The Hall–Kier alpha value is -2.40. The summed E-state index contributed by atoms with van der Waals surface area (Å²) < 4.78 is 19.2. The Bertz CT molecular complexity index is 785. The number of thiazole rings is 1. The van der Waals surface area contributed by atoms with Crippen molar-refractivity contribution in [3.05, 3.63) is 53.7 Å². The molecule has 0 fully saturated rings. The quantitative estimate of drug-likeness (QED) is 0.783. The number of aromatic nitrogens is 1. The normalized spacial score (nSPS) is 10.6. The summed E-state index contributed by atoms with van der Waals surface area (Å²) >= 11 is 1.35. The third kappa shape index (κ3) is 2.48. The van der Waals surface area contributed by atoms with E-state index >= 15 is 0 Å². The van der Waals surface area contributed by atoms with Crippen LogP contribution < -0.4 is 4.74 Å². The van der Waals surface area contributed by atoms with Gasteiger partial charge in [-0.2, -0.15) is 0 Å². The summed E-state index contributed by atoms with van der Waals surface area (Å²) in [4.78, 5) is 4.42. The molecule has 0 bridgehead atoms. The molecule has 1 aromatic heterocycles. The number of aromatic hydroxyl groups is 1. The van der Waals surface area contributed by atoms with Gasteiger partial charge in [-0.25, -0.2) is 9.37 Å². The second-order valence-electron chi connectivity index (χ2n) is 4.37. The predicted molar refractivity (Wildman–Crippen MR) is 81.2 cm³/mol. The first kappa shape index (κ1) is 13.6. The number of ether oxygens (including phenoxy) is 1. The van der Waals surface area contributed by atoms with Crippen molar-refractivity contribution in [3.8, 4) is 33.3 Å². The van der Waals surface area contributed by atoms with Gasteiger partial charge in [-0.15, -0.1) is 11.3 Å². The number of methoxy groups -OCH3 is 1. The topological polar surface area (TPSA) is 42.4 Å². The molecule has 0 saturated heterocycles. The molecule has 0 spiro atoms. The summed E-state index contributed by atoms with van der Waals surface area (Å²) in [7, 11) is 1.49. The molecule has 106 valence electrons. The monoisotopic (exact) mass is 301 g/mol. The van der Waals surface area contributed by atoms with Crippen molar-refractivity contribution >= 4 is 11.3 Å². The lowest BCUT2D eigenvalue weighted by molar-refractivity contribution is 0.413. The second-order valence-corrected chi connectivity index (χ2v) is 5.23. The number of para-hydroxylation sites is 1. The average molecular weight is 301 g/mol. The highest BCUT2D eigenvalue weighted by Crippen LogP contribution is 2.37. The van der Waals surface area contributed by atoms with E-state index in [0.29, 0.717) is 27.6 Å². The fraction of sp³-hybridized carbons (Fsp3) is 0.0625. The van der Waals surface area contributed by atoms with Gasteiger partial charge < -0.3 is 9.84 Å². The van der Waals surface area contributed by atoms with Crippen LogP contribution in [-0.2, 0) is 0 Å². The number of benzene rings is 2. The minimum absolute atomic E-state index is 0.152. The number of hydrogen-bond acceptors (Lipinski definition) is 4. The van der Waals surface area contributed by atoms with Crippen molar-refractivity contribution in [3.63, 3.8) is 0 Å². The first-order valence-corrected chi connectivity index (χ1v) is 7.15. The highest BCUT2D eigenvalue weighted by Gasteiger charge is 2.16. The largest absolute Gasteiger partial charge is 0.507 e. The van der Waals surface area contributed by atoms with E-state index < -0.39 is 0 Å². The molecule has 0 radical (unpaired) electrons. The maximum atomic E-state index is 14.0. The Balaban J connectivity index is 2.10. The van der Waals surface area contributed by atoms with E-state index in [1.807, 2.05) is 6.07 Å². The van der Waals surface area contributed by atoms with Crippen molar-refractivity contribution in [2.75, 3.05) is 7.11 Å². The highest BCUT2D eigenvalue weighted by molar-refractivity contribution is 7.13. The summed E-state index contributed by atoms with van der Waals surface area (Å²) in [5, 5.41) is 12.3. The maximum absolute atomic E-state index is 14.0. The Kier molecular flexibility index (Phi) is 3.58. The SMILES string of the molecule is COc1cccc(F)c1-c1csc(-c2ccccc2O)n1. The van der Waals surface area contributed by atoms with E-state index in [-0.39, 0.29) is 11.6 Å². The number of phenols is 1. The first-order valence-electron chi connectivity index (χ1n) is 6.27. The molecule has 0 aliphatic carbocycles. The average Bonchev–Trinajstić information content (AvgIpc) is 2.96. The summed E-state index contributed by atoms with van der Waals surface area (Å²) in [6.07, 6.45) is 0. The van der Waals surface area contributed by atoms with E-state index in [0.717, 1.165) is 0 Å². The second kappa shape index (κ2) is 5.54. The van der Waals surface area contributed by atoms with Crippen LogP contribution in [-0.4, -0.2) is 17.2 Å². The first-order chi connectivity index (χ1) is 10.2. The lowest BCUT2D eigenvalue weighted by Gasteiger charge is -2.06. The molecule has 5 heteroatoms. The molecular weight excluding hydrogens is 289 g/mol. The fourth-order valence-corrected chi connectivity index (χ4v) is 2.93. The molecule has 21 heavy (non-hydrogen) atoms. The number of hydrogen-bond donors (Lipinski definition) is 1. The molecule has 3 rings (SSSR count). The van der Waals surface area contributed by atoms with Crippen LogP contribution >= 0.6 is 11.3 Å². The number of halogens is 1. The Labute approximate surface area is 125 Å². The van der Waals surface area contributed by atoms with Gasteiger partial charge in [0, 0.05) is 5.38 Å². The number of nitrogens with zero attached hydrogens (tertiary/aromatic N) is 1. The van der Waals surface area contributed by atoms with E-state index in [4.69, 9.17) is 4.74 Å². The zero-order valence-electron chi connectivity index (χ0n) is 11.2. The van der Waals surface area contributed by atoms with Crippen LogP contribution in [0.25, 0.3) is 21.8 Å². The van der Waals surface area contributed by atoms with Crippen molar-refractivity contribution in [2.45, 2.75) is 0 Å². The van der Waals surface area contributed by atoms with Gasteiger partial charge >= 0.3 is 0 Å². The van der Waals surface area contributed by atoms with Gasteiger partial charge in [0.1, 0.15) is 22.3 Å². The van der Waals surface area contributed by atoms with Gasteiger partial charge in [-0.05, 0) is 24.3 Å². The van der Waals surface area contributed by atoms with Gasteiger partial charge in [0.15, 0.2) is 0 Å². The number of rotatable bonds is 3. The smallest absolute Gasteiger partial charge is 0.136 e. The summed E-state index contributed by atoms with van der Waals surface area (Å²) in [6, 6.07) is 11.6. The van der Waals surface area contributed by atoms with Gasteiger partial charge in [0.2, 0.25) is 0 Å². The third-order valence-corrected chi connectivity index (χ3v) is 3.97. The molecule has 1 N–H and O–H groups in total. The molecule has 3 aromatic rings. The van der Waals surface area contributed by atoms with Gasteiger partial charge in [-0.1, -0.05) is 18.2 Å². The third-order valence-electron chi connectivity index (χ3n) is 3.09. The molecule has 2 aromatic carbocycles. The van der Waals surface area contributed by atoms with Gasteiger partial charge in [0.25, 0.3) is 0 Å².